The summed E-state index contributed by atoms with van der Waals surface area (Å²) in [6.07, 6.45) is 3.15. The van der Waals surface area contributed by atoms with Crippen LogP contribution in [0.15, 0.2) is 48.7 Å². The lowest BCUT2D eigenvalue weighted by atomic mass is 10.1. The van der Waals surface area contributed by atoms with Gasteiger partial charge in [-0.25, -0.2) is 18.2 Å². The van der Waals surface area contributed by atoms with Crippen molar-refractivity contribution in [3.63, 3.8) is 0 Å². The highest BCUT2D eigenvalue weighted by Crippen LogP contribution is 2.33. The lowest BCUT2D eigenvalue weighted by molar-refractivity contribution is -0.127. The molecule has 0 aliphatic carbocycles. The fourth-order valence-corrected chi connectivity index (χ4v) is 3.08. The molecule has 2 aromatic carbocycles. The summed E-state index contributed by atoms with van der Waals surface area (Å²) < 4.78 is 42.3. The first kappa shape index (κ1) is 18.8. The first-order valence-corrected chi connectivity index (χ1v) is 8.72. The summed E-state index contributed by atoms with van der Waals surface area (Å²) in [6.45, 7) is 0.0173. The van der Waals surface area contributed by atoms with E-state index in [2.05, 4.69) is 10.3 Å². The summed E-state index contributed by atoms with van der Waals surface area (Å²) in [6, 6.07) is 8.75. The minimum Gasteiger partial charge on any atom is -0.339 e. The van der Waals surface area contributed by atoms with Crippen LogP contribution >= 0.6 is 0 Å². The molecule has 3 N–H and O–H groups in total. The highest BCUT2D eigenvalue weighted by Gasteiger charge is 2.24. The van der Waals surface area contributed by atoms with Gasteiger partial charge in [0.2, 0.25) is 5.91 Å². The second kappa shape index (κ2) is 7.44. The summed E-state index contributed by atoms with van der Waals surface area (Å²) in [5.41, 5.74) is 6.64. The van der Waals surface area contributed by atoms with Crippen LogP contribution < -0.4 is 11.1 Å². The number of carbonyl (C=O) groups excluding carboxylic acids is 1. The lowest BCUT2D eigenvalue weighted by Crippen LogP contribution is -2.33. The highest BCUT2D eigenvalue weighted by atomic mass is 19.1. The largest absolute Gasteiger partial charge is 0.339 e. The number of hydrogen-bond donors (Lipinski definition) is 2. The van der Waals surface area contributed by atoms with Crippen LogP contribution in [-0.2, 0) is 11.3 Å². The molecular formula is C20H16F3N5O. The monoisotopic (exact) mass is 399 g/mol. The standard InChI is InChI=1S/C20H16F3N5O/c21-13-3-1-12(2-4-13)19-20(25-16-8-14(22)7-15(23)9-16)28-6-5-27(18(29)10-24)11-17(28)26-19/h1-9,25H,10-11,24H2. The fraction of sp³-hybridized carbons (Fsp3) is 0.100. The third-order valence-corrected chi connectivity index (χ3v) is 4.43. The van der Waals surface area contributed by atoms with Crippen LogP contribution in [0, 0.1) is 17.5 Å². The summed E-state index contributed by atoms with van der Waals surface area (Å²) in [5.74, 6) is -1.21. The van der Waals surface area contributed by atoms with Crippen molar-refractivity contribution in [1.29, 1.82) is 0 Å². The number of anilines is 2. The topological polar surface area (TPSA) is 76.2 Å². The van der Waals surface area contributed by atoms with Gasteiger partial charge in [0.15, 0.2) is 0 Å². The number of aromatic nitrogens is 2. The lowest BCUT2D eigenvalue weighted by Gasteiger charge is -2.22. The molecule has 0 atom stereocenters. The van der Waals surface area contributed by atoms with E-state index < -0.39 is 17.5 Å². The molecule has 0 fully saturated rings. The van der Waals surface area contributed by atoms with Gasteiger partial charge in [-0.3, -0.25) is 9.36 Å². The number of halogens is 3. The quantitative estimate of drug-likeness (QED) is 0.705. The van der Waals surface area contributed by atoms with Crippen LogP contribution in [-0.4, -0.2) is 26.9 Å². The molecule has 3 aromatic rings. The van der Waals surface area contributed by atoms with E-state index in [0.29, 0.717) is 22.9 Å². The Morgan fingerprint density at radius 2 is 1.72 bits per heavy atom. The van der Waals surface area contributed by atoms with E-state index in [-0.39, 0.29) is 24.7 Å². The third-order valence-electron chi connectivity index (χ3n) is 4.43. The number of hydrogen-bond acceptors (Lipinski definition) is 4. The van der Waals surface area contributed by atoms with Gasteiger partial charge in [-0.15, -0.1) is 0 Å². The van der Waals surface area contributed by atoms with Crippen molar-refractivity contribution in [3.05, 3.63) is 71.9 Å². The van der Waals surface area contributed by atoms with Crippen LogP contribution in [0.3, 0.4) is 0 Å². The van der Waals surface area contributed by atoms with Gasteiger partial charge < -0.3 is 16.0 Å². The maximum absolute atomic E-state index is 13.6. The van der Waals surface area contributed by atoms with Crippen LogP contribution in [0.5, 0.6) is 0 Å². The van der Waals surface area contributed by atoms with Crippen molar-refractivity contribution >= 4 is 23.6 Å². The Morgan fingerprint density at radius 3 is 2.38 bits per heavy atom. The molecule has 0 bridgehead atoms. The minimum absolute atomic E-state index is 0.149. The van der Waals surface area contributed by atoms with E-state index in [9.17, 15) is 18.0 Å². The van der Waals surface area contributed by atoms with Crippen molar-refractivity contribution in [3.8, 4) is 11.3 Å². The molecule has 0 radical (unpaired) electrons. The summed E-state index contributed by atoms with van der Waals surface area (Å²) >= 11 is 0. The summed E-state index contributed by atoms with van der Waals surface area (Å²) in [7, 11) is 0. The van der Waals surface area contributed by atoms with Crippen LogP contribution in [0.1, 0.15) is 5.82 Å². The van der Waals surface area contributed by atoms with Crippen molar-refractivity contribution in [2.75, 3.05) is 11.9 Å². The van der Waals surface area contributed by atoms with Gasteiger partial charge in [-0.05, 0) is 36.4 Å². The van der Waals surface area contributed by atoms with Gasteiger partial charge in [0.1, 0.15) is 34.8 Å². The molecule has 2 heterocycles. The zero-order chi connectivity index (χ0) is 20.5. The molecule has 0 saturated heterocycles. The Bertz CT molecular complexity index is 1090. The molecule has 1 amide bonds. The first-order valence-electron chi connectivity index (χ1n) is 8.72. The molecule has 4 rings (SSSR count). The number of imidazole rings is 1. The van der Waals surface area contributed by atoms with Gasteiger partial charge in [-0.1, -0.05) is 0 Å². The number of nitrogens with zero attached hydrogens (tertiary/aromatic N) is 3. The van der Waals surface area contributed by atoms with Crippen molar-refractivity contribution in [2.24, 2.45) is 5.73 Å². The Hall–Kier alpha value is -3.59. The number of fused-ring (bicyclic) bond motifs is 1. The number of nitrogens with one attached hydrogen (secondary N) is 1. The number of carbonyl (C=O) groups is 1. The van der Waals surface area contributed by atoms with Crippen LogP contribution in [0.4, 0.5) is 24.7 Å². The molecule has 6 nitrogen and oxygen atoms in total. The second-order valence-corrected chi connectivity index (χ2v) is 6.41. The highest BCUT2D eigenvalue weighted by molar-refractivity contribution is 5.82. The molecule has 0 spiro atoms. The van der Waals surface area contributed by atoms with Gasteiger partial charge in [0.05, 0.1) is 13.1 Å². The summed E-state index contributed by atoms with van der Waals surface area (Å²) in [5, 5.41) is 2.98. The van der Waals surface area contributed by atoms with E-state index in [0.717, 1.165) is 18.2 Å². The second-order valence-electron chi connectivity index (χ2n) is 6.41. The molecule has 29 heavy (non-hydrogen) atoms. The average Bonchev–Trinajstić information content (AvgIpc) is 3.04. The van der Waals surface area contributed by atoms with Crippen molar-refractivity contribution in [2.45, 2.75) is 6.54 Å². The van der Waals surface area contributed by atoms with E-state index >= 15 is 0 Å². The number of rotatable bonds is 4. The zero-order valence-corrected chi connectivity index (χ0v) is 15.1. The van der Waals surface area contributed by atoms with Gasteiger partial charge in [0.25, 0.3) is 0 Å². The van der Waals surface area contributed by atoms with Gasteiger partial charge in [0, 0.05) is 29.7 Å². The smallest absolute Gasteiger partial charge is 0.240 e. The minimum atomic E-state index is -0.732. The molecule has 1 aliphatic heterocycles. The Balaban J connectivity index is 1.80. The number of nitrogens with two attached hydrogens (primary N) is 1. The van der Waals surface area contributed by atoms with E-state index in [1.807, 2.05) is 0 Å². The molecular weight excluding hydrogens is 383 g/mol. The van der Waals surface area contributed by atoms with Gasteiger partial charge in [-0.2, -0.15) is 0 Å². The average molecular weight is 399 g/mol. The molecule has 9 heteroatoms. The number of benzene rings is 2. The van der Waals surface area contributed by atoms with Gasteiger partial charge >= 0.3 is 0 Å². The zero-order valence-electron chi connectivity index (χ0n) is 15.1. The Kier molecular flexibility index (Phi) is 4.81. The van der Waals surface area contributed by atoms with E-state index in [4.69, 9.17) is 5.73 Å². The number of amides is 1. The summed E-state index contributed by atoms with van der Waals surface area (Å²) in [4.78, 5) is 17.9. The SMILES string of the molecule is NCC(=O)N1C=Cn2c(nc(-c3ccc(F)cc3)c2Nc2cc(F)cc(F)c2)C1. The molecule has 0 unspecified atom stereocenters. The van der Waals surface area contributed by atoms with Crippen LogP contribution in [0.2, 0.25) is 0 Å². The maximum atomic E-state index is 13.6. The van der Waals surface area contributed by atoms with Crippen molar-refractivity contribution in [1.82, 2.24) is 14.5 Å². The molecule has 0 saturated carbocycles. The molecule has 1 aliphatic rings. The normalized spacial score (nSPS) is 12.8. The van der Waals surface area contributed by atoms with Crippen molar-refractivity contribution < 1.29 is 18.0 Å². The third kappa shape index (κ3) is 3.72. The van der Waals surface area contributed by atoms with Crippen LogP contribution in [0.25, 0.3) is 17.5 Å². The predicted octanol–water partition coefficient (Wildman–Crippen LogP) is 3.44. The molecule has 148 valence electrons. The van der Waals surface area contributed by atoms with E-state index in [1.165, 1.54) is 17.0 Å². The maximum Gasteiger partial charge on any atom is 0.240 e. The van der Waals surface area contributed by atoms with E-state index in [1.54, 1.807) is 29.1 Å². The predicted molar refractivity (Wildman–Crippen MR) is 102 cm³/mol. The Morgan fingerprint density at radius 1 is 1.03 bits per heavy atom. The Labute approximate surface area is 164 Å². The first-order chi connectivity index (χ1) is 13.9. The molecule has 1 aromatic heterocycles. The fourth-order valence-electron chi connectivity index (χ4n) is 3.08.